The number of benzene rings is 1. The molecule has 0 aliphatic rings. The number of halogens is 1. The third kappa shape index (κ3) is 4.33. The van der Waals surface area contributed by atoms with Gasteiger partial charge in [-0.15, -0.1) is 0 Å². The molecule has 104 valence electrons. The van der Waals surface area contributed by atoms with E-state index in [2.05, 4.69) is 5.16 Å². The standard InChI is InChI=1S/C12H16ClN3O3/c1-16(6-2-3-11(17)18)10-7-8(12(14)15-19)4-5-9(10)13/h4-5,7,19H,2-3,6H2,1H3,(H2,14,15)(H,17,18). The Kier molecular flexibility index (Phi) is 5.44. The number of oxime groups is 1. The number of carboxylic acids is 1. The monoisotopic (exact) mass is 285 g/mol. The number of nitrogens with zero attached hydrogens (tertiary/aromatic N) is 2. The Morgan fingerprint density at radius 3 is 2.79 bits per heavy atom. The Hall–Kier alpha value is -1.95. The van der Waals surface area contributed by atoms with E-state index in [1.807, 2.05) is 4.90 Å². The fourth-order valence-electron chi connectivity index (χ4n) is 1.61. The zero-order chi connectivity index (χ0) is 14.4. The highest BCUT2D eigenvalue weighted by Crippen LogP contribution is 2.26. The van der Waals surface area contributed by atoms with Gasteiger partial charge in [-0.3, -0.25) is 4.79 Å². The molecule has 0 atom stereocenters. The summed E-state index contributed by atoms with van der Waals surface area (Å²) in [5.74, 6) is -0.832. The van der Waals surface area contributed by atoms with Gasteiger partial charge in [-0.05, 0) is 24.6 Å². The summed E-state index contributed by atoms with van der Waals surface area (Å²) in [6.07, 6.45) is 0.609. The molecule has 0 aromatic heterocycles. The zero-order valence-electron chi connectivity index (χ0n) is 10.5. The first-order chi connectivity index (χ1) is 8.95. The number of nitrogens with two attached hydrogens (primary N) is 1. The molecule has 0 saturated heterocycles. The second-order valence-electron chi connectivity index (χ2n) is 4.07. The molecule has 0 aliphatic heterocycles. The van der Waals surface area contributed by atoms with E-state index in [9.17, 15) is 4.79 Å². The Bertz CT molecular complexity index is 491. The maximum atomic E-state index is 10.5. The predicted molar refractivity (Wildman–Crippen MR) is 74.1 cm³/mol. The number of anilines is 1. The van der Waals surface area contributed by atoms with Crippen molar-refractivity contribution in [3.05, 3.63) is 28.8 Å². The Labute approximate surface area is 116 Å². The molecule has 0 radical (unpaired) electrons. The SMILES string of the molecule is CN(CCCC(=O)O)c1cc(/C(N)=N\O)ccc1Cl. The van der Waals surface area contributed by atoms with E-state index in [1.54, 1.807) is 25.2 Å². The van der Waals surface area contributed by atoms with Crippen molar-refractivity contribution in [3.8, 4) is 0 Å². The van der Waals surface area contributed by atoms with Gasteiger partial charge in [0.1, 0.15) is 0 Å². The summed E-state index contributed by atoms with van der Waals surface area (Å²) < 4.78 is 0. The van der Waals surface area contributed by atoms with Crippen molar-refractivity contribution in [1.29, 1.82) is 0 Å². The van der Waals surface area contributed by atoms with Crippen LogP contribution in [0, 0.1) is 0 Å². The first kappa shape index (κ1) is 15.1. The van der Waals surface area contributed by atoms with Crippen molar-refractivity contribution in [1.82, 2.24) is 0 Å². The topological polar surface area (TPSA) is 99.2 Å². The fraction of sp³-hybridized carbons (Fsp3) is 0.333. The highest BCUT2D eigenvalue weighted by molar-refractivity contribution is 6.33. The quantitative estimate of drug-likeness (QED) is 0.320. The van der Waals surface area contributed by atoms with Gasteiger partial charge >= 0.3 is 5.97 Å². The molecule has 0 amide bonds. The van der Waals surface area contributed by atoms with Crippen LogP contribution in [-0.2, 0) is 4.79 Å². The average molecular weight is 286 g/mol. The number of rotatable bonds is 6. The molecule has 1 aromatic rings. The molecule has 1 aromatic carbocycles. The number of hydrogen-bond donors (Lipinski definition) is 3. The van der Waals surface area contributed by atoms with Crippen LogP contribution >= 0.6 is 11.6 Å². The van der Waals surface area contributed by atoms with Crippen LogP contribution in [0.15, 0.2) is 23.4 Å². The molecule has 1 rings (SSSR count). The van der Waals surface area contributed by atoms with Crippen molar-refractivity contribution >= 4 is 29.1 Å². The second kappa shape index (κ2) is 6.84. The van der Waals surface area contributed by atoms with E-state index in [4.69, 9.17) is 27.6 Å². The van der Waals surface area contributed by atoms with Crippen LogP contribution < -0.4 is 10.6 Å². The first-order valence-corrected chi connectivity index (χ1v) is 6.04. The van der Waals surface area contributed by atoms with Gasteiger partial charge in [0.05, 0.1) is 10.7 Å². The lowest BCUT2D eigenvalue weighted by Crippen LogP contribution is -2.21. The lowest BCUT2D eigenvalue weighted by Gasteiger charge is -2.21. The van der Waals surface area contributed by atoms with Crippen LogP contribution in [0.2, 0.25) is 5.02 Å². The molecule has 0 bridgehead atoms. The molecule has 6 nitrogen and oxygen atoms in total. The number of carboxylic acid groups (broad SMARTS) is 1. The lowest BCUT2D eigenvalue weighted by atomic mass is 10.1. The van der Waals surface area contributed by atoms with Crippen LogP contribution in [0.5, 0.6) is 0 Å². The van der Waals surface area contributed by atoms with E-state index in [-0.39, 0.29) is 12.3 Å². The van der Waals surface area contributed by atoms with Crippen molar-refractivity contribution in [2.75, 3.05) is 18.5 Å². The summed E-state index contributed by atoms with van der Waals surface area (Å²) >= 11 is 6.08. The Balaban J connectivity index is 2.83. The van der Waals surface area contributed by atoms with Crippen LogP contribution in [0.1, 0.15) is 18.4 Å². The highest BCUT2D eigenvalue weighted by Gasteiger charge is 2.10. The van der Waals surface area contributed by atoms with Gasteiger partial charge in [0, 0.05) is 25.6 Å². The summed E-state index contributed by atoms with van der Waals surface area (Å²) in [5.41, 5.74) is 6.77. The summed E-state index contributed by atoms with van der Waals surface area (Å²) in [4.78, 5) is 12.3. The number of amidine groups is 1. The van der Waals surface area contributed by atoms with E-state index in [1.165, 1.54) is 0 Å². The van der Waals surface area contributed by atoms with E-state index < -0.39 is 5.97 Å². The summed E-state index contributed by atoms with van der Waals surface area (Å²) in [5, 5.41) is 20.7. The molecule has 0 saturated carbocycles. The van der Waals surface area contributed by atoms with E-state index >= 15 is 0 Å². The molecular weight excluding hydrogens is 270 g/mol. The van der Waals surface area contributed by atoms with Gasteiger partial charge < -0.3 is 20.9 Å². The number of carbonyl (C=O) groups is 1. The highest BCUT2D eigenvalue weighted by atomic mass is 35.5. The van der Waals surface area contributed by atoms with Crippen LogP contribution in [0.4, 0.5) is 5.69 Å². The predicted octanol–water partition coefficient (Wildman–Crippen LogP) is 1.74. The molecule has 19 heavy (non-hydrogen) atoms. The molecule has 0 aliphatic carbocycles. The molecule has 0 heterocycles. The summed E-state index contributed by atoms with van der Waals surface area (Å²) in [6, 6.07) is 4.99. The van der Waals surface area contributed by atoms with Crippen LogP contribution in [-0.4, -0.2) is 35.7 Å². The number of aliphatic carboxylic acids is 1. The minimum Gasteiger partial charge on any atom is -0.481 e. The molecule has 4 N–H and O–H groups in total. The van der Waals surface area contributed by atoms with Gasteiger partial charge in [0.2, 0.25) is 0 Å². The summed E-state index contributed by atoms with van der Waals surface area (Å²) in [7, 11) is 1.80. The molecule has 0 unspecified atom stereocenters. The molecule has 0 spiro atoms. The minimum atomic E-state index is -0.829. The zero-order valence-corrected chi connectivity index (χ0v) is 11.3. The van der Waals surface area contributed by atoms with Gasteiger partial charge in [-0.25, -0.2) is 0 Å². The van der Waals surface area contributed by atoms with Gasteiger partial charge in [-0.2, -0.15) is 0 Å². The third-order valence-corrected chi connectivity index (χ3v) is 2.96. The van der Waals surface area contributed by atoms with Gasteiger partial charge in [-0.1, -0.05) is 16.8 Å². The molecule has 0 fully saturated rings. The molecular formula is C12H16ClN3O3. The largest absolute Gasteiger partial charge is 0.481 e. The fourth-order valence-corrected chi connectivity index (χ4v) is 1.87. The first-order valence-electron chi connectivity index (χ1n) is 5.66. The van der Waals surface area contributed by atoms with Crippen molar-refractivity contribution < 1.29 is 15.1 Å². The average Bonchev–Trinajstić information content (AvgIpc) is 2.37. The Morgan fingerprint density at radius 2 is 2.21 bits per heavy atom. The Morgan fingerprint density at radius 1 is 1.53 bits per heavy atom. The molecule has 7 heteroatoms. The normalized spacial score (nSPS) is 11.4. The number of hydrogen-bond acceptors (Lipinski definition) is 4. The maximum absolute atomic E-state index is 10.5. The maximum Gasteiger partial charge on any atom is 0.303 e. The second-order valence-corrected chi connectivity index (χ2v) is 4.48. The van der Waals surface area contributed by atoms with E-state index in [0.29, 0.717) is 29.2 Å². The van der Waals surface area contributed by atoms with Gasteiger partial charge in [0.15, 0.2) is 5.84 Å². The minimum absolute atomic E-state index is 0.00291. The smallest absolute Gasteiger partial charge is 0.303 e. The third-order valence-electron chi connectivity index (χ3n) is 2.65. The van der Waals surface area contributed by atoms with Crippen molar-refractivity contribution in [2.24, 2.45) is 10.9 Å². The van der Waals surface area contributed by atoms with Crippen molar-refractivity contribution in [2.45, 2.75) is 12.8 Å². The van der Waals surface area contributed by atoms with Gasteiger partial charge in [0.25, 0.3) is 0 Å². The van der Waals surface area contributed by atoms with Crippen LogP contribution in [0.25, 0.3) is 0 Å². The summed E-state index contributed by atoms with van der Waals surface area (Å²) in [6.45, 7) is 0.547. The van der Waals surface area contributed by atoms with E-state index in [0.717, 1.165) is 0 Å². The van der Waals surface area contributed by atoms with Crippen molar-refractivity contribution in [3.63, 3.8) is 0 Å². The van der Waals surface area contributed by atoms with Crippen LogP contribution in [0.3, 0.4) is 0 Å². The lowest BCUT2D eigenvalue weighted by molar-refractivity contribution is -0.137.